The second-order valence-corrected chi connectivity index (χ2v) is 5.99. The molecule has 1 saturated heterocycles. The van der Waals surface area contributed by atoms with Crippen molar-refractivity contribution in [3.05, 3.63) is 59.2 Å². The van der Waals surface area contributed by atoms with Crippen LogP contribution in [-0.2, 0) is 4.74 Å². The summed E-state index contributed by atoms with van der Waals surface area (Å²) < 4.78 is 5.39. The van der Waals surface area contributed by atoms with Gasteiger partial charge in [0.05, 0.1) is 24.5 Å². The first-order chi connectivity index (χ1) is 12.1. The average Bonchev–Trinajstić information content (AvgIpc) is 2.68. The second-order valence-electron chi connectivity index (χ2n) is 5.99. The zero-order valence-corrected chi connectivity index (χ0v) is 15.6. The number of rotatable bonds is 5. The number of benzene rings is 2. The molecule has 0 amide bonds. The van der Waals surface area contributed by atoms with Gasteiger partial charge < -0.3 is 15.4 Å². The highest BCUT2D eigenvalue weighted by atomic mass is 35.5. The third-order valence-electron chi connectivity index (χ3n) is 4.46. The van der Waals surface area contributed by atoms with Crippen molar-refractivity contribution in [1.82, 2.24) is 0 Å². The van der Waals surface area contributed by atoms with Gasteiger partial charge in [-0.25, -0.2) is 0 Å². The summed E-state index contributed by atoms with van der Waals surface area (Å²) in [6.07, 6.45) is 0.338. The molecular weight excluding hydrogens is 352 g/mol. The number of nitrogen functional groups attached to an aromatic ring is 1. The summed E-state index contributed by atoms with van der Waals surface area (Å²) in [4.78, 5) is 27.4. The number of nitrogens with two attached hydrogens (primary N) is 1. The van der Waals surface area contributed by atoms with E-state index in [9.17, 15) is 9.59 Å². The zero-order valence-electron chi connectivity index (χ0n) is 14.7. The molecule has 0 saturated carbocycles. The summed E-state index contributed by atoms with van der Waals surface area (Å²) in [6.45, 7) is 4.44. The Morgan fingerprint density at radius 3 is 2.35 bits per heavy atom. The van der Waals surface area contributed by atoms with E-state index >= 15 is 0 Å². The van der Waals surface area contributed by atoms with Crippen LogP contribution in [0.1, 0.15) is 39.6 Å². The average molecular weight is 375 g/mol. The summed E-state index contributed by atoms with van der Waals surface area (Å²) >= 11 is 0. The lowest BCUT2D eigenvalue weighted by atomic mass is 9.94. The molecule has 26 heavy (non-hydrogen) atoms. The quantitative estimate of drug-likeness (QED) is 0.641. The Hall–Kier alpha value is -2.37. The number of ether oxygens (including phenoxy) is 1. The van der Waals surface area contributed by atoms with E-state index in [1.807, 2.05) is 24.3 Å². The first kappa shape index (κ1) is 19.9. The molecule has 1 aliphatic heterocycles. The molecule has 3 rings (SSSR count). The van der Waals surface area contributed by atoms with E-state index in [4.69, 9.17) is 10.5 Å². The molecule has 6 heteroatoms. The van der Waals surface area contributed by atoms with Crippen molar-refractivity contribution >= 4 is 35.3 Å². The van der Waals surface area contributed by atoms with Gasteiger partial charge in [-0.1, -0.05) is 37.3 Å². The Bertz CT molecular complexity index is 787. The molecule has 0 spiro atoms. The molecule has 0 aromatic heterocycles. The van der Waals surface area contributed by atoms with Crippen LogP contribution in [0.3, 0.4) is 0 Å². The van der Waals surface area contributed by atoms with Crippen LogP contribution in [-0.4, -0.2) is 37.9 Å². The summed E-state index contributed by atoms with van der Waals surface area (Å²) in [5.74, 6) is -0.224. The van der Waals surface area contributed by atoms with Crippen molar-refractivity contribution in [2.45, 2.75) is 13.3 Å². The number of anilines is 2. The van der Waals surface area contributed by atoms with Gasteiger partial charge in [-0.05, 0) is 12.1 Å². The summed E-state index contributed by atoms with van der Waals surface area (Å²) in [5.41, 5.74) is 8.75. The summed E-state index contributed by atoms with van der Waals surface area (Å²) in [7, 11) is 0. The molecule has 0 unspecified atom stereocenters. The lowest BCUT2D eigenvalue weighted by Gasteiger charge is -2.31. The van der Waals surface area contributed by atoms with E-state index < -0.39 is 0 Å². The minimum Gasteiger partial charge on any atom is -0.397 e. The van der Waals surface area contributed by atoms with Gasteiger partial charge >= 0.3 is 0 Å². The number of Topliss-reactive ketones (excluding diaryl/α,β-unsaturated/α-hetero) is 1. The number of nitrogens with zero attached hydrogens (tertiary/aromatic N) is 1. The van der Waals surface area contributed by atoms with Crippen LogP contribution in [0.2, 0.25) is 0 Å². The molecule has 0 atom stereocenters. The van der Waals surface area contributed by atoms with Crippen molar-refractivity contribution in [1.29, 1.82) is 0 Å². The van der Waals surface area contributed by atoms with Crippen molar-refractivity contribution in [2.24, 2.45) is 0 Å². The molecule has 138 valence electrons. The molecule has 2 aromatic carbocycles. The Balaban J connectivity index is 0.00000243. The van der Waals surface area contributed by atoms with E-state index in [1.165, 1.54) is 0 Å². The van der Waals surface area contributed by atoms with Gasteiger partial charge in [0.25, 0.3) is 0 Å². The van der Waals surface area contributed by atoms with Gasteiger partial charge in [-0.2, -0.15) is 0 Å². The number of halogens is 1. The smallest absolute Gasteiger partial charge is 0.195 e. The third-order valence-corrected chi connectivity index (χ3v) is 4.46. The van der Waals surface area contributed by atoms with Gasteiger partial charge in [0.15, 0.2) is 11.6 Å². The van der Waals surface area contributed by atoms with Crippen molar-refractivity contribution in [3.63, 3.8) is 0 Å². The summed E-state index contributed by atoms with van der Waals surface area (Å²) in [6, 6.07) is 12.5. The SMILES string of the molecule is CCC(=O)c1c(N2CCOCC2)ccc(C(=O)c2ccccc2)c1N.Cl. The standard InChI is InChI=1S/C20H22N2O3.ClH/c1-2-17(23)18-16(22-10-12-25-13-11-22)9-8-15(19(18)21)20(24)14-6-4-3-5-7-14;/h3-9H,2,10-13,21H2,1H3;1H. The lowest BCUT2D eigenvalue weighted by Crippen LogP contribution is -2.37. The number of morpholine rings is 1. The third kappa shape index (κ3) is 3.89. The van der Waals surface area contributed by atoms with E-state index in [0.717, 1.165) is 5.69 Å². The molecule has 2 aromatic rings. The molecule has 1 aliphatic rings. The maximum atomic E-state index is 12.8. The monoisotopic (exact) mass is 374 g/mol. The summed E-state index contributed by atoms with van der Waals surface area (Å²) in [5, 5.41) is 0. The van der Waals surface area contributed by atoms with Crippen molar-refractivity contribution in [2.75, 3.05) is 36.9 Å². The Morgan fingerprint density at radius 1 is 1.08 bits per heavy atom. The molecule has 0 aliphatic carbocycles. The lowest BCUT2D eigenvalue weighted by molar-refractivity contribution is 0.0987. The van der Waals surface area contributed by atoms with Gasteiger partial charge in [0.2, 0.25) is 0 Å². The highest BCUT2D eigenvalue weighted by Gasteiger charge is 2.24. The maximum absolute atomic E-state index is 12.8. The predicted octanol–water partition coefficient (Wildman–Crippen LogP) is 3.35. The van der Waals surface area contributed by atoms with Crippen LogP contribution in [0, 0.1) is 0 Å². The first-order valence-corrected chi connectivity index (χ1v) is 8.51. The van der Waals surface area contributed by atoms with Crippen LogP contribution in [0.15, 0.2) is 42.5 Å². The fourth-order valence-electron chi connectivity index (χ4n) is 3.09. The van der Waals surface area contributed by atoms with Gasteiger partial charge in [0.1, 0.15) is 0 Å². The van der Waals surface area contributed by atoms with Gasteiger partial charge in [0, 0.05) is 36.3 Å². The molecule has 0 radical (unpaired) electrons. The predicted molar refractivity (Wildman–Crippen MR) is 106 cm³/mol. The molecular formula is C20H23ClN2O3. The van der Waals surface area contributed by atoms with Gasteiger partial charge in [-0.3, -0.25) is 9.59 Å². The Labute approximate surface area is 159 Å². The normalized spacial score (nSPS) is 13.8. The molecule has 1 fully saturated rings. The van der Waals surface area contributed by atoms with Crippen LogP contribution < -0.4 is 10.6 Å². The van der Waals surface area contributed by atoms with E-state index in [1.54, 1.807) is 25.1 Å². The molecule has 5 nitrogen and oxygen atoms in total. The zero-order chi connectivity index (χ0) is 17.8. The minimum absolute atomic E-state index is 0. The highest BCUT2D eigenvalue weighted by molar-refractivity contribution is 6.17. The van der Waals surface area contributed by atoms with Crippen molar-refractivity contribution in [3.8, 4) is 0 Å². The minimum atomic E-state index is -0.170. The van der Waals surface area contributed by atoms with E-state index in [2.05, 4.69) is 4.90 Å². The van der Waals surface area contributed by atoms with E-state index in [-0.39, 0.29) is 29.7 Å². The maximum Gasteiger partial charge on any atom is 0.195 e. The Kier molecular flexibility index (Phi) is 6.77. The first-order valence-electron chi connectivity index (χ1n) is 8.51. The number of hydrogen-bond acceptors (Lipinski definition) is 5. The van der Waals surface area contributed by atoms with Crippen molar-refractivity contribution < 1.29 is 14.3 Å². The Morgan fingerprint density at radius 2 is 1.73 bits per heavy atom. The van der Waals surface area contributed by atoms with Crippen LogP contribution >= 0.6 is 12.4 Å². The number of ketones is 2. The molecule has 0 bridgehead atoms. The number of hydrogen-bond donors (Lipinski definition) is 1. The van der Waals surface area contributed by atoms with Crippen LogP contribution in [0.25, 0.3) is 0 Å². The number of carbonyl (C=O) groups excluding carboxylic acids is 2. The van der Waals surface area contributed by atoms with E-state index in [0.29, 0.717) is 49.4 Å². The fourth-order valence-corrected chi connectivity index (χ4v) is 3.09. The molecule has 2 N–H and O–H groups in total. The van der Waals surface area contributed by atoms with Gasteiger partial charge in [-0.15, -0.1) is 12.4 Å². The topological polar surface area (TPSA) is 72.6 Å². The van der Waals surface area contributed by atoms with Crippen LogP contribution in [0.5, 0.6) is 0 Å². The second kappa shape index (κ2) is 8.83. The highest BCUT2D eigenvalue weighted by Crippen LogP contribution is 2.32. The number of carbonyl (C=O) groups is 2. The van der Waals surface area contributed by atoms with Crippen LogP contribution in [0.4, 0.5) is 11.4 Å². The largest absolute Gasteiger partial charge is 0.397 e. The molecule has 1 heterocycles. The fraction of sp³-hybridized carbons (Fsp3) is 0.300.